The van der Waals surface area contributed by atoms with Crippen LogP contribution in [0.15, 0.2) is 30.3 Å². The third-order valence-corrected chi connectivity index (χ3v) is 5.33. The minimum atomic E-state index is -3.27. The van der Waals surface area contributed by atoms with Crippen LogP contribution in [0, 0.1) is 5.92 Å². The van der Waals surface area contributed by atoms with Gasteiger partial charge in [-0.05, 0) is 31.2 Å². The Morgan fingerprint density at radius 1 is 1.16 bits per heavy atom. The van der Waals surface area contributed by atoms with Gasteiger partial charge in [0.15, 0.2) is 0 Å². The summed E-state index contributed by atoms with van der Waals surface area (Å²) >= 11 is 0. The number of benzene rings is 1. The molecule has 1 unspecified atom stereocenters. The van der Waals surface area contributed by atoms with Gasteiger partial charge < -0.3 is 15.7 Å². The van der Waals surface area contributed by atoms with Gasteiger partial charge in [-0.1, -0.05) is 30.3 Å². The predicted molar refractivity (Wildman–Crippen MR) is 93.9 cm³/mol. The van der Waals surface area contributed by atoms with E-state index in [1.165, 1.54) is 0 Å². The Hall–Kier alpha value is -2.09. The lowest BCUT2D eigenvalue weighted by atomic mass is 9.86. The number of aliphatic carboxylic acids is 1. The fourth-order valence-electron chi connectivity index (χ4n) is 3.08. The highest BCUT2D eigenvalue weighted by atomic mass is 32.2. The number of carboxylic acid groups (broad SMARTS) is 1. The molecular weight excluding hydrogens is 344 g/mol. The molecule has 8 heteroatoms. The minimum absolute atomic E-state index is 0.0924. The summed E-state index contributed by atoms with van der Waals surface area (Å²) in [4.78, 5) is 23.2. The number of amides is 2. The zero-order chi connectivity index (χ0) is 18.4. The van der Waals surface area contributed by atoms with E-state index in [0.717, 1.165) is 11.8 Å². The monoisotopic (exact) mass is 368 g/mol. The third kappa shape index (κ3) is 6.38. The van der Waals surface area contributed by atoms with E-state index in [-0.39, 0.29) is 17.7 Å². The molecule has 7 nitrogen and oxygen atoms in total. The molecule has 0 bridgehead atoms. The van der Waals surface area contributed by atoms with Crippen molar-refractivity contribution in [1.82, 2.24) is 10.6 Å². The van der Waals surface area contributed by atoms with Crippen molar-refractivity contribution < 1.29 is 23.1 Å². The summed E-state index contributed by atoms with van der Waals surface area (Å²) in [5.41, 5.74) is 0.720. The first-order valence-corrected chi connectivity index (χ1v) is 10.3. The third-order valence-electron chi connectivity index (χ3n) is 4.39. The van der Waals surface area contributed by atoms with E-state index in [4.69, 9.17) is 5.11 Å². The molecular formula is C17H24N2O5S. The van der Waals surface area contributed by atoms with Crippen LogP contribution < -0.4 is 10.6 Å². The van der Waals surface area contributed by atoms with E-state index < -0.39 is 27.9 Å². The largest absolute Gasteiger partial charge is 0.481 e. The molecule has 1 aromatic rings. The molecule has 1 atom stereocenters. The number of hydrogen-bond acceptors (Lipinski definition) is 4. The highest BCUT2D eigenvalue weighted by molar-refractivity contribution is 7.90. The number of urea groups is 1. The van der Waals surface area contributed by atoms with Gasteiger partial charge in [-0.3, -0.25) is 4.79 Å². The van der Waals surface area contributed by atoms with E-state index in [9.17, 15) is 18.0 Å². The molecule has 1 aliphatic carbocycles. The molecule has 1 aliphatic rings. The summed E-state index contributed by atoms with van der Waals surface area (Å²) in [6.45, 7) is 0. The number of hydrogen-bond donors (Lipinski definition) is 3. The van der Waals surface area contributed by atoms with Crippen molar-refractivity contribution in [2.45, 2.75) is 37.8 Å². The molecule has 0 radical (unpaired) electrons. The summed E-state index contributed by atoms with van der Waals surface area (Å²) in [6.07, 6.45) is 3.41. The number of carbonyl (C=O) groups is 2. The predicted octanol–water partition coefficient (Wildman–Crippen LogP) is 1.71. The first-order valence-electron chi connectivity index (χ1n) is 8.27. The van der Waals surface area contributed by atoms with Crippen LogP contribution in [0.25, 0.3) is 0 Å². The second-order valence-corrected chi connectivity index (χ2v) is 8.75. The molecule has 0 spiro atoms. The average Bonchev–Trinajstić information content (AvgIpc) is 2.54. The van der Waals surface area contributed by atoms with Crippen molar-refractivity contribution >= 4 is 21.8 Å². The maximum absolute atomic E-state index is 12.3. The van der Waals surface area contributed by atoms with E-state index >= 15 is 0 Å². The molecule has 2 rings (SSSR count). The topological polar surface area (TPSA) is 113 Å². The summed E-state index contributed by atoms with van der Waals surface area (Å²) in [5.74, 6) is -1.32. The quantitative estimate of drug-likeness (QED) is 0.708. The molecule has 3 N–H and O–H groups in total. The van der Waals surface area contributed by atoms with Crippen LogP contribution in [0.2, 0.25) is 0 Å². The van der Waals surface area contributed by atoms with Crippen LogP contribution in [-0.4, -0.2) is 43.6 Å². The Balaban J connectivity index is 1.95. The van der Waals surface area contributed by atoms with Crippen molar-refractivity contribution in [3.8, 4) is 0 Å². The SMILES string of the molecule is CS(=O)(=O)CC(NC(=O)NC1CCC(C(=O)O)CC1)c1ccccc1. The highest BCUT2D eigenvalue weighted by Crippen LogP contribution is 2.24. The molecule has 0 saturated heterocycles. The Bertz CT molecular complexity index is 697. The van der Waals surface area contributed by atoms with Crippen LogP contribution in [-0.2, 0) is 14.6 Å². The maximum Gasteiger partial charge on any atom is 0.315 e. The number of rotatable bonds is 6. The van der Waals surface area contributed by atoms with E-state index in [0.29, 0.717) is 25.7 Å². The van der Waals surface area contributed by atoms with Gasteiger partial charge >= 0.3 is 12.0 Å². The molecule has 1 aromatic carbocycles. The van der Waals surface area contributed by atoms with Crippen LogP contribution in [0.4, 0.5) is 4.79 Å². The fourth-order valence-corrected chi connectivity index (χ4v) is 3.96. The molecule has 1 saturated carbocycles. The Morgan fingerprint density at radius 2 is 1.76 bits per heavy atom. The van der Waals surface area contributed by atoms with Gasteiger partial charge in [0.1, 0.15) is 9.84 Å². The zero-order valence-electron chi connectivity index (χ0n) is 14.1. The molecule has 0 aliphatic heterocycles. The number of sulfone groups is 1. The Morgan fingerprint density at radius 3 is 2.28 bits per heavy atom. The number of carbonyl (C=O) groups excluding carboxylic acids is 1. The first kappa shape index (κ1) is 19.2. The van der Waals surface area contributed by atoms with Crippen LogP contribution in [0.1, 0.15) is 37.3 Å². The molecule has 0 heterocycles. The first-order chi connectivity index (χ1) is 11.7. The standard InChI is InChI=1S/C17H24N2O5S/c1-25(23,24)11-15(12-5-3-2-4-6-12)19-17(22)18-14-9-7-13(8-10-14)16(20)21/h2-6,13-15H,7-11H2,1H3,(H,20,21)(H2,18,19,22). The van der Waals surface area contributed by atoms with Crippen LogP contribution in [0.5, 0.6) is 0 Å². The Labute approximate surface area is 147 Å². The second kappa shape index (κ2) is 8.33. The maximum atomic E-state index is 12.3. The summed E-state index contributed by atoms with van der Waals surface area (Å²) in [7, 11) is -3.27. The molecule has 138 valence electrons. The number of carboxylic acids is 1. The van der Waals surface area contributed by atoms with Gasteiger partial charge in [-0.25, -0.2) is 13.2 Å². The minimum Gasteiger partial charge on any atom is -0.481 e. The van der Waals surface area contributed by atoms with Gasteiger partial charge in [0.25, 0.3) is 0 Å². The van der Waals surface area contributed by atoms with Gasteiger partial charge in [-0.2, -0.15) is 0 Å². The normalized spacial score (nSPS) is 22.0. The van der Waals surface area contributed by atoms with Gasteiger partial charge in [-0.15, -0.1) is 0 Å². The highest BCUT2D eigenvalue weighted by Gasteiger charge is 2.27. The van der Waals surface area contributed by atoms with Gasteiger partial charge in [0.05, 0.1) is 17.7 Å². The second-order valence-electron chi connectivity index (χ2n) is 6.56. The van der Waals surface area contributed by atoms with Crippen molar-refractivity contribution in [3.63, 3.8) is 0 Å². The lowest BCUT2D eigenvalue weighted by molar-refractivity contribution is -0.142. The van der Waals surface area contributed by atoms with Gasteiger partial charge in [0.2, 0.25) is 0 Å². The fraction of sp³-hybridized carbons (Fsp3) is 0.529. The van der Waals surface area contributed by atoms with Crippen molar-refractivity contribution in [2.75, 3.05) is 12.0 Å². The molecule has 0 aromatic heterocycles. The van der Waals surface area contributed by atoms with E-state index in [1.807, 2.05) is 6.07 Å². The average molecular weight is 368 g/mol. The van der Waals surface area contributed by atoms with E-state index in [1.54, 1.807) is 24.3 Å². The lowest BCUT2D eigenvalue weighted by Crippen LogP contribution is -2.46. The zero-order valence-corrected chi connectivity index (χ0v) is 15.0. The van der Waals surface area contributed by atoms with E-state index in [2.05, 4.69) is 10.6 Å². The van der Waals surface area contributed by atoms with Crippen molar-refractivity contribution in [1.29, 1.82) is 0 Å². The lowest BCUT2D eigenvalue weighted by Gasteiger charge is -2.28. The van der Waals surface area contributed by atoms with Crippen molar-refractivity contribution in [3.05, 3.63) is 35.9 Å². The van der Waals surface area contributed by atoms with Gasteiger partial charge in [0, 0.05) is 12.3 Å². The summed E-state index contributed by atoms with van der Waals surface area (Å²) in [5, 5.41) is 14.6. The smallest absolute Gasteiger partial charge is 0.315 e. The van der Waals surface area contributed by atoms with Crippen molar-refractivity contribution in [2.24, 2.45) is 5.92 Å². The number of nitrogens with one attached hydrogen (secondary N) is 2. The molecule has 1 fully saturated rings. The van der Waals surface area contributed by atoms with Crippen LogP contribution >= 0.6 is 0 Å². The van der Waals surface area contributed by atoms with Crippen LogP contribution in [0.3, 0.4) is 0 Å². The summed E-state index contributed by atoms with van der Waals surface area (Å²) < 4.78 is 23.3. The Kier molecular flexibility index (Phi) is 6.41. The molecule has 25 heavy (non-hydrogen) atoms. The molecule has 2 amide bonds. The summed E-state index contributed by atoms with van der Waals surface area (Å²) in [6, 6.07) is 7.78.